The van der Waals surface area contributed by atoms with E-state index in [1.807, 2.05) is 4.57 Å². The van der Waals surface area contributed by atoms with Crippen molar-refractivity contribution in [1.82, 2.24) is 25.1 Å². The molecule has 0 spiro atoms. The minimum absolute atomic E-state index is 0.345. The summed E-state index contributed by atoms with van der Waals surface area (Å²) in [7, 11) is 0. The first-order chi connectivity index (χ1) is 8.24. The van der Waals surface area contributed by atoms with Crippen LogP contribution in [0.2, 0.25) is 0 Å². The second-order valence-corrected chi connectivity index (χ2v) is 4.19. The predicted molar refractivity (Wildman–Crippen MR) is 59.5 cm³/mol. The summed E-state index contributed by atoms with van der Waals surface area (Å²) in [5, 5.41) is 11.5. The predicted octanol–water partition coefficient (Wildman–Crippen LogP) is 0.971. The molecule has 0 saturated carbocycles. The highest BCUT2D eigenvalue weighted by Gasteiger charge is 2.20. The SMILES string of the molecule is CC1Cn2c(nnc2-c2ccc(F)cn2)CN1. The van der Waals surface area contributed by atoms with Crippen LogP contribution in [0.25, 0.3) is 11.5 Å². The van der Waals surface area contributed by atoms with Crippen LogP contribution >= 0.6 is 0 Å². The number of pyridine rings is 1. The van der Waals surface area contributed by atoms with E-state index in [2.05, 4.69) is 27.4 Å². The minimum atomic E-state index is -0.345. The maximum absolute atomic E-state index is 12.8. The van der Waals surface area contributed by atoms with Crippen molar-refractivity contribution >= 4 is 0 Å². The number of hydrogen-bond acceptors (Lipinski definition) is 4. The molecule has 17 heavy (non-hydrogen) atoms. The number of nitrogens with one attached hydrogen (secondary N) is 1. The summed E-state index contributed by atoms with van der Waals surface area (Å²) in [6.07, 6.45) is 1.20. The molecule has 6 heteroatoms. The summed E-state index contributed by atoms with van der Waals surface area (Å²) < 4.78 is 14.8. The molecule has 0 amide bonds. The maximum Gasteiger partial charge on any atom is 0.182 e. The van der Waals surface area contributed by atoms with Gasteiger partial charge >= 0.3 is 0 Å². The first-order valence-electron chi connectivity index (χ1n) is 5.51. The van der Waals surface area contributed by atoms with Crippen LogP contribution in [-0.2, 0) is 13.1 Å². The van der Waals surface area contributed by atoms with Gasteiger partial charge in [0.2, 0.25) is 0 Å². The van der Waals surface area contributed by atoms with Crippen molar-refractivity contribution in [1.29, 1.82) is 0 Å². The summed E-state index contributed by atoms with van der Waals surface area (Å²) in [6.45, 7) is 3.61. The molecule has 1 atom stereocenters. The van der Waals surface area contributed by atoms with Crippen molar-refractivity contribution in [3.05, 3.63) is 30.0 Å². The van der Waals surface area contributed by atoms with E-state index < -0.39 is 0 Å². The molecule has 3 rings (SSSR count). The van der Waals surface area contributed by atoms with Gasteiger partial charge in [-0.15, -0.1) is 10.2 Å². The molecule has 3 heterocycles. The van der Waals surface area contributed by atoms with Gasteiger partial charge in [-0.3, -0.25) is 0 Å². The molecule has 0 aromatic carbocycles. The summed E-state index contributed by atoms with van der Waals surface area (Å²) in [5.74, 6) is 1.25. The van der Waals surface area contributed by atoms with Crippen LogP contribution in [0.3, 0.4) is 0 Å². The Morgan fingerprint density at radius 3 is 3.06 bits per heavy atom. The molecular formula is C11H12FN5. The van der Waals surface area contributed by atoms with Crippen molar-refractivity contribution in [2.75, 3.05) is 0 Å². The van der Waals surface area contributed by atoms with E-state index >= 15 is 0 Å². The first kappa shape index (κ1) is 10.3. The van der Waals surface area contributed by atoms with Gasteiger partial charge in [0.1, 0.15) is 17.3 Å². The number of nitrogens with zero attached hydrogens (tertiary/aromatic N) is 4. The van der Waals surface area contributed by atoms with Gasteiger partial charge in [0.25, 0.3) is 0 Å². The van der Waals surface area contributed by atoms with E-state index in [-0.39, 0.29) is 5.82 Å². The normalized spacial score (nSPS) is 19.1. The molecule has 1 N–H and O–H groups in total. The maximum atomic E-state index is 12.8. The Labute approximate surface area is 97.7 Å². The Balaban J connectivity index is 2.04. The molecule has 0 fully saturated rings. The quantitative estimate of drug-likeness (QED) is 0.797. The van der Waals surface area contributed by atoms with E-state index in [1.165, 1.54) is 12.3 Å². The smallest absolute Gasteiger partial charge is 0.182 e. The molecule has 1 aliphatic rings. The fraction of sp³-hybridized carbons (Fsp3) is 0.364. The molecule has 0 aliphatic carbocycles. The molecular weight excluding hydrogens is 221 g/mol. The standard InChI is InChI=1S/C11H12FN5/c1-7-6-17-10(5-13-7)15-16-11(17)9-3-2-8(12)4-14-9/h2-4,7,13H,5-6H2,1H3. The largest absolute Gasteiger partial charge is 0.307 e. The molecule has 2 aromatic rings. The molecule has 2 aromatic heterocycles. The van der Waals surface area contributed by atoms with Gasteiger partial charge in [0.05, 0.1) is 12.7 Å². The summed E-state index contributed by atoms with van der Waals surface area (Å²) in [5.41, 5.74) is 0.652. The second-order valence-electron chi connectivity index (χ2n) is 4.19. The van der Waals surface area contributed by atoms with Crippen LogP contribution in [0, 0.1) is 5.82 Å². The Kier molecular flexibility index (Phi) is 2.36. The lowest BCUT2D eigenvalue weighted by molar-refractivity contribution is 0.412. The molecule has 88 valence electrons. The highest BCUT2D eigenvalue weighted by atomic mass is 19.1. The van der Waals surface area contributed by atoms with Crippen LogP contribution in [0.5, 0.6) is 0 Å². The Bertz CT molecular complexity index is 533. The minimum Gasteiger partial charge on any atom is -0.307 e. The van der Waals surface area contributed by atoms with Crippen molar-refractivity contribution in [3.8, 4) is 11.5 Å². The zero-order chi connectivity index (χ0) is 11.8. The average Bonchev–Trinajstić information content (AvgIpc) is 2.73. The topological polar surface area (TPSA) is 55.6 Å². The van der Waals surface area contributed by atoms with Crippen LogP contribution in [0.4, 0.5) is 4.39 Å². The molecule has 1 unspecified atom stereocenters. The lowest BCUT2D eigenvalue weighted by Gasteiger charge is -2.22. The number of aromatic nitrogens is 4. The van der Waals surface area contributed by atoms with Gasteiger partial charge in [0, 0.05) is 12.6 Å². The van der Waals surface area contributed by atoms with E-state index in [9.17, 15) is 4.39 Å². The van der Waals surface area contributed by atoms with Crippen LogP contribution < -0.4 is 5.32 Å². The van der Waals surface area contributed by atoms with Crippen molar-refractivity contribution in [2.45, 2.75) is 26.1 Å². The number of halogens is 1. The molecule has 1 aliphatic heterocycles. The summed E-state index contributed by atoms with van der Waals surface area (Å²) >= 11 is 0. The number of hydrogen-bond donors (Lipinski definition) is 1. The van der Waals surface area contributed by atoms with Crippen LogP contribution in [0.1, 0.15) is 12.7 Å². The van der Waals surface area contributed by atoms with Crippen LogP contribution in [-0.4, -0.2) is 25.8 Å². The summed E-state index contributed by atoms with van der Waals surface area (Å²) in [4.78, 5) is 4.04. The molecule has 0 bridgehead atoms. The van der Waals surface area contributed by atoms with Gasteiger partial charge in [-0.2, -0.15) is 0 Å². The number of rotatable bonds is 1. The van der Waals surface area contributed by atoms with E-state index in [1.54, 1.807) is 6.07 Å². The van der Waals surface area contributed by atoms with Crippen molar-refractivity contribution in [3.63, 3.8) is 0 Å². The third kappa shape index (κ3) is 1.80. The van der Waals surface area contributed by atoms with Gasteiger partial charge in [-0.05, 0) is 19.1 Å². The highest BCUT2D eigenvalue weighted by Crippen LogP contribution is 2.18. The van der Waals surface area contributed by atoms with Crippen molar-refractivity contribution < 1.29 is 4.39 Å². The van der Waals surface area contributed by atoms with E-state index in [0.717, 1.165) is 12.4 Å². The van der Waals surface area contributed by atoms with Gasteiger partial charge in [-0.1, -0.05) is 0 Å². The van der Waals surface area contributed by atoms with Crippen molar-refractivity contribution in [2.24, 2.45) is 0 Å². The molecule has 0 saturated heterocycles. The monoisotopic (exact) mass is 233 g/mol. The fourth-order valence-corrected chi connectivity index (χ4v) is 1.96. The molecule has 0 radical (unpaired) electrons. The fourth-order valence-electron chi connectivity index (χ4n) is 1.96. The average molecular weight is 233 g/mol. The number of fused-ring (bicyclic) bond motifs is 1. The van der Waals surface area contributed by atoms with Gasteiger partial charge < -0.3 is 9.88 Å². The van der Waals surface area contributed by atoms with Gasteiger partial charge in [0.15, 0.2) is 5.82 Å². The third-order valence-corrected chi connectivity index (χ3v) is 2.85. The second kappa shape index (κ2) is 3.89. The lowest BCUT2D eigenvalue weighted by Crippen LogP contribution is -2.36. The zero-order valence-electron chi connectivity index (χ0n) is 9.39. The first-order valence-corrected chi connectivity index (χ1v) is 5.51. The highest BCUT2D eigenvalue weighted by molar-refractivity contribution is 5.49. The van der Waals surface area contributed by atoms with Crippen LogP contribution in [0.15, 0.2) is 18.3 Å². The molecule has 5 nitrogen and oxygen atoms in total. The Hall–Kier alpha value is -1.82. The van der Waals surface area contributed by atoms with E-state index in [4.69, 9.17) is 0 Å². The van der Waals surface area contributed by atoms with Gasteiger partial charge in [-0.25, -0.2) is 9.37 Å². The Morgan fingerprint density at radius 1 is 1.41 bits per heavy atom. The summed E-state index contributed by atoms with van der Waals surface area (Å²) in [6, 6.07) is 3.38. The Morgan fingerprint density at radius 2 is 2.29 bits per heavy atom. The van der Waals surface area contributed by atoms with E-state index in [0.29, 0.717) is 24.1 Å². The lowest BCUT2D eigenvalue weighted by atomic mass is 10.2. The third-order valence-electron chi connectivity index (χ3n) is 2.85. The zero-order valence-corrected chi connectivity index (χ0v) is 9.39.